The Labute approximate surface area is 268 Å². The van der Waals surface area contributed by atoms with Crippen LogP contribution in [0.25, 0.3) is 16.9 Å². The highest BCUT2D eigenvalue weighted by Gasteiger charge is 2.19. The van der Waals surface area contributed by atoms with Gasteiger partial charge in [-0.25, -0.2) is 9.55 Å². The molecule has 0 aliphatic rings. The van der Waals surface area contributed by atoms with Gasteiger partial charge < -0.3 is 15.1 Å². The zero-order valence-electron chi connectivity index (χ0n) is 21.3. The number of benzene rings is 4. The van der Waals surface area contributed by atoms with Gasteiger partial charge in [-0.3, -0.25) is 4.79 Å². The molecule has 0 spiro atoms. The van der Waals surface area contributed by atoms with E-state index in [1.807, 2.05) is 30.3 Å². The maximum absolute atomic E-state index is 13.9. The molecular formula is C30H18BrCl4N5O2. The van der Waals surface area contributed by atoms with Crippen LogP contribution < -0.4 is 16.2 Å². The van der Waals surface area contributed by atoms with Crippen molar-refractivity contribution in [2.24, 2.45) is 0 Å². The molecule has 6 aromatic rings. The lowest BCUT2D eigenvalue weighted by molar-refractivity contribution is 0.515. The molecule has 2 heterocycles. The summed E-state index contributed by atoms with van der Waals surface area (Å²) in [5, 5.41) is 8.63. The lowest BCUT2D eigenvalue weighted by Crippen LogP contribution is -2.24. The van der Waals surface area contributed by atoms with Gasteiger partial charge in [0.1, 0.15) is 12.1 Å². The van der Waals surface area contributed by atoms with Crippen molar-refractivity contribution in [3.8, 4) is 6.01 Å². The van der Waals surface area contributed by atoms with E-state index in [4.69, 9.17) is 55.8 Å². The van der Waals surface area contributed by atoms with Crippen molar-refractivity contribution in [3.63, 3.8) is 0 Å². The fourth-order valence-corrected chi connectivity index (χ4v) is 5.54. The van der Waals surface area contributed by atoms with Gasteiger partial charge >= 0.3 is 6.01 Å². The van der Waals surface area contributed by atoms with Gasteiger partial charge in [-0.15, -0.1) is 0 Å². The van der Waals surface area contributed by atoms with Crippen molar-refractivity contribution in [2.75, 3.05) is 10.6 Å². The molecule has 0 aliphatic heterocycles. The van der Waals surface area contributed by atoms with E-state index in [0.29, 0.717) is 54.0 Å². The van der Waals surface area contributed by atoms with Crippen molar-refractivity contribution >= 4 is 96.1 Å². The van der Waals surface area contributed by atoms with E-state index in [1.54, 1.807) is 48.5 Å². The van der Waals surface area contributed by atoms with E-state index in [1.165, 1.54) is 10.8 Å². The first-order valence-electron chi connectivity index (χ1n) is 12.4. The molecule has 0 saturated carbocycles. The molecule has 7 nitrogen and oxygen atoms in total. The third kappa shape index (κ3) is 5.86. The van der Waals surface area contributed by atoms with E-state index < -0.39 is 0 Å². The summed E-state index contributed by atoms with van der Waals surface area (Å²) in [6.45, 7) is 0. The highest BCUT2D eigenvalue weighted by atomic mass is 79.9. The maximum atomic E-state index is 13.9. The minimum absolute atomic E-state index is 0.0477. The van der Waals surface area contributed by atoms with Gasteiger partial charge in [-0.1, -0.05) is 86.6 Å². The summed E-state index contributed by atoms with van der Waals surface area (Å²) in [6.07, 6.45) is 1.67. The number of hydrogen-bond acceptors (Lipinski definition) is 6. The molecule has 0 aliphatic carbocycles. The van der Waals surface area contributed by atoms with Crippen LogP contribution in [0.2, 0.25) is 20.1 Å². The van der Waals surface area contributed by atoms with Crippen LogP contribution in [0.4, 0.5) is 22.9 Å². The van der Waals surface area contributed by atoms with Crippen LogP contribution in [0, 0.1) is 0 Å². The molecule has 6 rings (SSSR count). The number of hydrogen-bond donors (Lipinski definition) is 2. The van der Waals surface area contributed by atoms with E-state index in [2.05, 4.69) is 31.5 Å². The number of para-hydroxylation sites is 2. The van der Waals surface area contributed by atoms with Crippen LogP contribution in [0.15, 0.2) is 98.8 Å². The highest BCUT2D eigenvalue weighted by Crippen LogP contribution is 2.34. The molecule has 42 heavy (non-hydrogen) atoms. The third-order valence-electron chi connectivity index (χ3n) is 6.36. The Morgan fingerprint density at radius 2 is 1.60 bits per heavy atom. The fraction of sp³-hybridized carbons (Fsp3) is 0.0333. The van der Waals surface area contributed by atoms with Crippen molar-refractivity contribution in [1.82, 2.24) is 14.5 Å². The highest BCUT2D eigenvalue weighted by molar-refractivity contribution is 9.10. The summed E-state index contributed by atoms with van der Waals surface area (Å²) in [4.78, 5) is 23.3. The summed E-state index contributed by atoms with van der Waals surface area (Å²) in [5.41, 5.74) is 3.02. The largest absolute Gasteiger partial charge is 0.429 e. The van der Waals surface area contributed by atoms with Crippen LogP contribution in [-0.4, -0.2) is 14.5 Å². The van der Waals surface area contributed by atoms with Crippen LogP contribution >= 0.6 is 62.3 Å². The van der Waals surface area contributed by atoms with E-state index >= 15 is 0 Å². The molecule has 2 N–H and O–H groups in total. The minimum Gasteiger partial charge on any atom is -0.429 e. The van der Waals surface area contributed by atoms with Crippen LogP contribution in [0.5, 0.6) is 0 Å². The third-order valence-corrected chi connectivity index (χ3v) is 8.23. The molecule has 0 fully saturated rings. The molecule has 4 aromatic carbocycles. The monoisotopic (exact) mass is 699 g/mol. The van der Waals surface area contributed by atoms with Gasteiger partial charge in [0.25, 0.3) is 5.56 Å². The van der Waals surface area contributed by atoms with E-state index in [-0.39, 0.29) is 18.0 Å². The summed E-state index contributed by atoms with van der Waals surface area (Å²) >= 11 is 28.5. The van der Waals surface area contributed by atoms with Gasteiger partial charge in [0.05, 0.1) is 36.7 Å². The summed E-state index contributed by atoms with van der Waals surface area (Å²) in [6, 6.07) is 23.4. The minimum atomic E-state index is -0.334. The lowest BCUT2D eigenvalue weighted by Gasteiger charge is -2.16. The van der Waals surface area contributed by atoms with E-state index in [9.17, 15) is 4.79 Å². The molecule has 0 bridgehead atoms. The first-order valence-corrected chi connectivity index (χ1v) is 14.8. The second-order valence-corrected chi connectivity index (χ2v) is 11.7. The number of halogens is 5. The van der Waals surface area contributed by atoms with Gasteiger partial charge in [0.15, 0.2) is 5.82 Å². The van der Waals surface area contributed by atoms with E-state index in [0.717, 1.165) is 15.7 Å². The summed E-state index contributed by atoms with van der Waals surface area (Å²) in [5.74, 6) is 0.781. The number of anilines is 4. The number of rotatable bonds is 7. The molecule has 0 saturated heterocycles. The Morgan fingerprint density at radius 1 is 0.810 bits per heavy atom. The van der Waals surface area contributed by atoms with Gasteiger partial charge in [-0.2, -0.15) is 4.98 Å². The van der Waals surface area contributed by atoms with Crippen molar-refractivity contribution in [2.45, 2.75) is 6.42 Å². The second kappa shape index (κ2) is 12.0. The first-order chi connectivity index (χ1) is 20.3. The van der Waals surface area contributed by atoms with Crippen LogP contribution in [0.3, 0.4) is 0 Å². The standard InChI is InChI=1S/C30H18BrCl4N5O2/c31-17-8-11-25-19(13-17)29(41)40(30-39-26(15-42-30)36-18-9-10-20(32)23(35)14-18)27(37-25)12-16-4-1-2-7-24(16)38-28-21(33)5-3-6-22(28)34/h1-11,13-15,36,38H,12H2. The normalized spacial score (nSPS) is 11.2. The Bertz CT molecular complexity index is 2010. The summed E-state index contributed by atoms with van der Waals surface area (Å²) in [7, 11) is 0. The average Bonchev–Trinajstić information content (AvgIpc) is 3.42. The number of oxazole rings is 1. The maximum Gasteiger partial charge on any atom is 0.312 e. The first kappa shape index (κ1) is 28.6. The van der Waals surface area contributed by atoms with Crippen LogP contribution in [0.1, 0.15) is 11.4 Å². The number of nitrogens with one attached hydrogen (secondary N) is 2. The van der Waals surface area contributed by atoms with Gasteiger partial charge in [-0.05, 0) is 60.2 Å². The molecular weight excluding hydrogens is 684 g/mol. The fourth-order valence-electron chi connectivity index (χ4n) is 4.38. The zero-order chi connectivity index (χ0) is 29.4. The predicted molar refractivity (Wildman–Crippen MR) is 174 cm³/mol. The average molecular weight is 702 g/mol. The molecule has 2 aromatic heterocycles. The molecule has 210 valence electrons. The Balaban J connectivity index is 1.43. The van der Waals surface area contributed by atoms with Gasteiger partial charge in [0, 0.05) is 22.3 Å². The van der Waals surface area contributed by atoms with Crippen molar-refractivity contribution in [1.29, 1.82) is 0 Å². The van der Waals surface area contributed by atoms with Gasteiger partial charge in [0.2, 0.25) is 0 Å². The summed E-state index contributed by atoms with van der Waals surface area (Å²) < 4.78 is 7.91. The molecule has 0 atom stereocenters. The molecule has 0 amide bonds. The predicted octanol–water partition coefficient (Wildman–Crippen LogP) is 9.83. The smallest absolute Gasteiger partial charge is 0.312 e. The number of nitrogens with zero attached hydrogens (tertiary/aromatic N) is 3. The molecule has 12 heteroatoms. The Hall–Kier alpha value is -3.53. The quantitative estimate of drug-likeness (QED) is 0.172. The molecule has 0 unspecified atom stereocenters. The van der Waals surface area contributed by atoms with Crippen molar-refractivity contribution < 1.29 is 4.42 Å². The lowest BCUT2D eigenvalue weighted by atomic mass is 10.1. The van der Waals surface area contributed by atoms with Crippen molar-refractivity contribution in [3.05, 3.63) is 131 Å². The Morgan fingerprint density at radius 3 is 2.38 bits per heavy atom. The van der Waals surface area contributed by atoms with Crippen LogP contribution in [-0.2, 0) is 6.42 Å². The number of fused-ring (bicyclic) bond motifs is 1. The number of aromatic nitrogens is 3. The Kier molecular flexibility index (Phi) is 8.16. The zero-order valence-corrected chi connectivity index (χ0v) is 25.9. The second-order valence-electron chi connectivity index (χ2n) is 9.15. The molecule has 0 radical (unpaired) electrons. The SMILES string of the molecule is O=c1c2cc(Br)ccc2nc(Cc2ccccc2Nc2c(Cl)cccc2Cl)n1-c1nc(Nc2ccc(Cl)c(Cl)c2)co1. The topological polar surface area (TPSA) is 85.0 Å².